The summed E-state index contributed by atoms with van der Waals surface area (Å²) in [5.41, 5.74) is 1.92. The molecule has 28 heavy (non-hydrogen) atoms. The van der Waals surface area contributed by atoms with Crippen LogP contribution in [-0.4, -0.2) is 31.6 Å². The van der Waals surface area contributed by atoms with Crippen molar-refractivity contribution < 1.29 is 17.9 Å². The molecular formula is C21H18N2O4S. The van der Waals surface area contributed by atoms with Crippen LogP contribution in [-0.2, 0) is 10.0 Å². The van der Waals surface area contributed by atoms with E-state index in [4.69, 9.17) is 9.47 Å². The summed E-state index contributed by atoms with van der Waals surface area (Å²) < 4.78 is 38.1. The van der Waals surface area contributed by atoms with Crippen molar-refractivity contribution in [2.24, 2.45) is 0 Å². The molecule has 0 fully saturated rings. The van der Waals surface area contributed by atoms with Gasteiger partial charge >= 0.3 is 0 Å². The van der Waals surface area contributed by atoms with Gasteiger partial charge in [0.25, 0.3) is 10.0 Å². The summed E-state index contributed by atoms with van der Waals surface area (Å²) in [4.78, 5) is 4.63. The van der Waals surface area contributed by atoms with E-state index < -0.39 is 10.0 Å². The van der Waals surface area contributed by atoms with Gasteiger partial charge in [-0.3, -0.25) is 4.98 Å². The number of pyridine rings is 1. The van der Waals surface area contributed by atoms with Crippen LogP contribution in [0.3, 0.4) is 0 Å². The lowest BCUT2D eigenvalue weighted by molar-refractivity contribution is 0.414. The van der Waals surface area contributed by atoms with Gasteiger partial charge in [0.1, 0.15) is 11.5 Å². The first kappa shape index (κ1) is 18.1. The average molecular weight is 394 g/mol. The fourth-order valence-electron chi connectivity index (χ4n) is 3.08. The number of ether oxygens (including phenoxy) is 2. The van der Waals surface area contributed by atoms with Crippen LogP contribution in [0.25, 0.3) is 22.2 Å². The van der Waals surface area contributed by atoms with Gasteiger partial charge in [-0.25, -0.2) is 12.4 Å². The maximum absolute atomic E-state index is 13.3. The molecule has 0 aliphatic rings. The standard InChI is InChI=1S/C21H18N2O4S/c1-26-17-5-3-15(4-6-17)20-21-16(11-13-22-20)12-14-23(21)28(24,25)19-9-7-18(27-2)8-10-19/h3-14H,1-2H3. The van der Waals surface area contributed by atoms with Crippen molar-refractivity contribution in [3.8, 4) is 22.8 Å². The predicted octanol–water partition coefficient (Wildman–Crippen LogP) is 3.96. The lowest BCUT2D eigenvalue weighted by Crippen LogP contribution is -2.12. The lowest BCUT2D eigenvalue weighted by atomic mass is 10.1. The van der Waals surface area contributed by atoms with Gasteiger partial charge in [0.2, 0.25) is 0 Å². The third kappa shape index (κ3) is 2.99. The van der Waals surface area contributed by atoms with Gasteiger partial charge in [-0.05, 0) is 60.7 Å². The largest absolute Gasteiger partial charge is 0.497 e. The van der Waals surface area contributed by atoms with Crippen LogP contribution < -0.4 is 9.47 Å². The van der Waals surface area contributed by atoms with Gasteiger partial charge < -0.3 is 9.47 Å². The summed E-state index contributed by atoms with van der Waals surface area (Å²) >= 11 is 0. The Bertz CT molecular complexity index is 1230. The van der Waals surface area contributed by atoms with Crippen molar-refractivity contribution in [2.75, 3.05) is 14.2 Å². The summed E-state index contributed by atoms with van der Waals surface area (Å²) in [6.07, 6.45) is 3.23. The summed E-state index contributed by atoms with van der Waals surface area (Å²) in [5.74, 6) is 1.31. The molecule has 0 bridgehead atoms. The molecule has 0 saturated carbocycles. The Morgan fingerprint density at radius 1 is 0.821 bits per heavy atom. The first-order valence-corrected chi connectivity index (χ1v) is 9.99. The normalized spacial score (nSPS) is 11.5. The van der Waals surface area contributed by atoms with Crippen molar-refractivity contribution in [2.45, 2.75) is 4.90 Å². The zero-order valence-electron chi connectivity index (χ0n) is 15.4. The maximum atomic E-state index is 13.3. The smallest absolute Gasteiger partial charge is 0.268 e. The van der Waals surface area contributed by atoms with E-state index in [1.54, 1.807) is 43.8 Å². The topological polar surface area (TPSA) is 70.4 Å². The van der Waals surface area contributed by atoms with E-state index in [0.29, 0.717) is 17.0 Å². The average Bonchev–Trinajstić information content (AvgIpc) is 3.19. The number of fused-ring (bicyclic) bond motifs is 1. The van der Waals surface area contributed by atoms with Crippen LogP contribution in [0.5, 0.6) is 11.5 Å². The van der Waals surface area contributed by atoms with Crippen LogP contribution in [0, 0.1) is 0 Å². The maximum Gasteiger partial charge on any atom is 0.268 e. The molecule has 0 aliphatic carbocycles. The highest BCUT2D eigenvalue weighted by molar-refractivity contribution is 7.90. The molecule has 0 radical (unpaired) electrons. The second-order valence-electron chi connectivity index (χ2n) is 6.12. The van der Waals surface area contributed by atoms with Crippen molar-refractivity contribution in [1.29, 1.82) is 0 Å². The number of hydrogen-bond donors (Lipinski definition) is 0. The zero-order valence-corrected chi connectivity index (χ0v) is 16.2. The zero-order chi connectivity index (χ0) is 19.7. The number of rotatable bonds is 5. The van der Waals surface area contributed by atoms with Gasteiger partial charge in [0, 0.05) is 23.3 Å². The van der Waals surface area contributed by atoms with Gasteiger partial charge in [0.05, 0.1) is 30.3 Å². The van der Waals surface area contributed by atoms with Gasteiger partial charge in [0.15, 0.2) is 0 Å². The number of benzene rings is 2. The summed E-state index contributed by atoms with van der Waals surface area (Å²) in [6.45, 7) is 0. The monoisotopic (exact) mass is 394 g/mol. The summed E-state index contributed by atoms with van der Waals surface area (Å²) in [7, 11) is -0.659. The van der Waals surface area contributed by atoms with Crippen LogP contribution >= 0.6 is 0 Å². The highest BCUT2D eigenvalue weighted by Crippen LogP contribution is 2.31. The molecule has 0 aliphatic heterocycles. The van der Waals surface area contributed by atoms with Crippen molar-refractivity contribution >= 4 is 20.9 Å². The molecule has 0 amide bonds. The van der Waals surface area contributed by atoms with Crippen LogP contribution in [0.2, 0.25) is 0 Å². The Morgan fingerprint density at radius 2 is 1.43 bits per heavy atom. The van der Waals surface area contributed by atoms with E-state index in [1.165, 1.54) is 23.2 Å². The quantitative estimate of drug-likeness (QED) is 0.512. The third-order valence-corrected chi connectivity index (χ3v) is 6.24. The van der Waals surface area contributed by atoms with Crippen LogP contribution in [0.15, 0.2) is 78.0 Å². The molecule has 0 spiro atoms. The van der Waals surface area contributed by atoms with Crippen LogP contribution in [0.4, 0.5) is 0 Å². The van der Waals surface area contributed by atoms with Gasteiger partial charge in [-0.1, -0.05) is 0 Å². The molecule has 7 heteroatoms. The van der Waals surface area contributed by atoms with E-state index in [9.17, 15) is 8.42 Å². The first-order chi connectivity index (χ1) is 13.5. The second kappa shape index (κ2) is 7.01. The second-order valence-corrected chi connectivity index (χ2v) is 7.93. The SMILES string of the molecule is COc1ccc(-c2nccc3ccn(S(=O)(=O)c4ccc(OC)cc4)c23)cc1. The van der Waals surface area contributed by atoms with E-state index in [0.717, 1.165) is 16.7 Å². The van der Waals surface area contributed by atoms with Crippen molar-refractivity contribution in [3.63, 3.8) is 0 Å². The van der Waals surface area contributed by atoms with Gasteiger partial charge in [-0.15, -0.1) is 0 Å². The van der Waals surface area contributed by atoms with E-state index in [2.05, 4.69) is 4.98 Å². The molecule has 142 valence electrons. The Balaban J connectivity index is 1.90. The minimum Gasteiger partial charge on any atom is -0.497 e. The van der Waals surface area contributed by atoms with Crippen LogP contribution in [0.1, 0.15) is 0 Å². The van der Waals surface area contributed by atoms with E-state index in [1.807, 2.05) is 24.3 Å². The van der Waals surface area contributed by atoms with E-state index in [-0.39, 0.29) is 4.90 Å². The summed E-state index contributed by atoms with van der Waals surface area (Å²) in [5, 5.41) is 0.790. The molecule has 0 atom stereocenters. The van der Waals surface area contributed by atoms with Crippen molar-refractivity contribution in [1.82, 2.24) is 8.96 Å². The Hall–Kier alpha value is -3.32. The molecule has 0 unspecified atom stereocenters. The molecule has 2 aromatic carbocycles. The third-order valence-electron chi connectivity index (χ3n) is 4.55. The number of aromatic nitrogens is 2. The van der Waals surface area contributed by atoms with Crippen molar-refractivity contribution in [3.05, 3.63) is 73.1 Å². The van der Waals surface area contributed by atoms with E-state index >= 15 is 0 Å². The first-order valence-electron chi connectivity index (χ1n) is 8.55. The molecule has 4 rings (SSSR count). The molecule has 6 nitrogen and oxygen atoms in total. The summed E-state index contributed by atoms with van der Waals surface area (Å²) in [6, 6.07) is 17.2. The lowest BCUT2D eigenvalue weighted by Gasteiger charge is -2.11. The predicted molar refractivity (Wildman–Crippen MR) is 107 cm³/mol. The fraction of sp³-hybridized carbons (Fsp3) is 0.0952. The number of methoxy groups -OCH3 is 2. The molecule has 4 aromatic rings. The number of nitrogens with zero attached hydrogens (tertiary/aromatic N) is 2. The minimum absolute atomic E-state index is 0.176. The molecule has 0 N–H and O–H groups in total. The molecule has 2 aromatic heterocycles. The highest BCUT2D eigenvalue weighted by atomic mass is 32.2. The molecular weight excluding hydrogens is 376 g/mol. The van der Waals surface area contributed by atoms with Gasteiger partial charge in [-0.2, -0.15) is 0 Å². The molecule has 0 saturated heterocycles. The minimum atomic E-state index is -3.79. The Morgan fingerprint density at radius 3 is 2.04 bits per heavy atom. The number of hydrogen-bond acceptors (Lipinski definition) is 5. The Labute approximate surface area is 163 Å². The fourth-order valence-corrected chi connectivity index (χ4v) is 4.44. The molecule has 2 heterocycles. The Kier molecular flexibility index (Phi) is 4.52. The highest BCUT2D eigenvalue weighted by Gasteiger charge is 2.21.